The Morgan fingerprint density at radius 2 is 0.700 bits per heavy atom. The summed E-state index contributed by atoms with van der Waals surface area (Å²) in [7, 11) is -1.50. The normalized spacial score (nSPS) is 2.40. The summed E-state index contributed by atoms with van der Waals surface area (Å²) in [5.74, 6) is 0. The number of hydrogen-bond donors (Lipinski definition) is 0. The second-order valence-electron chi connectivity index (χ2n) is 0.289. The predicted octanol–water partition coefficient (Wildman–Crippen LogP) is -5.07. The molecule has 0 aromatic rings. The third kappa shape index (κ3) is 2290. The minimum atomic E-state index is -0.500. The van der Waals surface area contributed by atoms with E-state index in [0.717, 1.165) is 0 Å². The summed E-state index contributed by atoms with van der Waals surface area (Å²) in [5, 5.41) is 24.8. The van der Waals surface area contributed by atoms with Crippen molar-refractivity contribution in [1.82, 2.24) is 0 Å². The fourth-order valence-electron chi connectivity index (χ4n) is 0. The summed E-state index contributed by atoms with van der Waals surface area (Å²) in [6, 6.07) is 0. The quantitative estimate of drug-likeness (QED) is 0.383. The standard InChI is InChI=1S/3BO2.Ru/c3*2-1-3;/q3*-1;+3. The number of hydrogen-bond acceptors (Lipinski definition) is 6. The minimum absolute atomic E-state index is 0. The van der Waals surface area contributed by atoms with Crippen LogP contribution in [0.3, 0.4) is 0 Å². The van der Waals surface area contributed by atoms with Gasteiger partial charge in [-0.05, 0) is 0 Å². The molecule has 0 aromatic carbocycles. The monoisotopic (exact) mass is 231 g/mol. The Hall–Kier alpha value is -0.382. The molecule has 1 radical (unpaired) electrons. The van der Waals surface area contributed by atoms with E-state index in [9.17, 15) is 0 Å². The van der Waals surface area contributed by atoms with E-state index in [4.69, 9.17) is 29.2 Å². The Labute approximate surface area is 71.3 Å². The van der Waals surface area contributed by atoms with Crippen molar-refractivity contribution in [2.24, 2.45) is 0 Å². The minimum Gasteiger partial charge on any atom is 3.00 e. The van der Waals surface area contributed by atoms with Crippen LogP contribution in [-0.2, 0) is 33.6 Å². The zero-order valence-corrected chi connectivity index (χ0v) is 6.27. The average molecular weight is 230 g/mol. The van der Waals surface area contributed by atoms with Crippen LogP contribution < -0.4 is 15.1 Å². The molecule has 0 spiro atoms. The van der Waals surface area contributed by atoms with Gasteiger partial charge in [0.05, 0.1) is 0 Å². The van der Waals surface area contributed by atoms with E-state index < -0.39 is 22.1 Å². The maximum absolute atomic E-state index is 8.25. The van der Waals surface area contributed by atoms with Crippen molar-refractivity contribution in [1.29, 1.82) is 0 Å². The van der Waals surface area contributed by atoms with E-state index >= 15 is 0 Å². The van der Waals surface area contributed by atoms with E-state index in [0.29, 0.717) is 0 Å². The molecule has 0 aliphatic rings. The molecule has 0 amide bonds. The van der Waals surface area contributed by atoms with Crippen LogP contribution in [0.4, 0.5) is 0 Å². The van der Waals surface area contributed by atoms with Gasteiger partial charge in [0.2, 0.25) is 0 Å². The third-order valence-corrected chi connectivity index (χ3v) is 0. The van der Waals surface area contributed by atoms with Gasteiger partial charge in [-0.2, -0.15) is 0 Å². The topological polar surface area (TPSA) is 120 Å². The SMILES string of the molecule is O=B[O-].O=B[O-].O=B[O-].[Ru+3]. The van der Waals surface area contributed by atoms with E-state index in [1.807, 2.05) is 0 Å². The molecule has 0 saturated carbocycles. The van der Waals surface area contributed by atoms with E-state index in [2.05, 4.69) is 0 Å². The Morgan fingerprint density at radius 3 is 0.700 bits per heavy atom. The van der Waals surface area contributed by atoms with E-state index in [-0.39, 0.29) is 19.5 Å². The summed E-state index contributed by atoms with van der Waals surface area (Å²) in [6.07, 6.45) is 0. The molecule has 6 nitrogen and oxygen atoms in total. The molecule has 0 saturated heterocycles. The van der Waals surface area contributed by atoms with Crippen molar-refractivity contribution in [3.63, 3.8) is 0 Å². The second-order valence-corrected chi connectivity index (χ2v) is 0.289. The molecule has 0 aliphatic heterocycles. The molecule has 0 fully saturated rings. The van der Waals surface area contributed by atoms with Crippen molar-refractivity contribution >= 4 is 22.1 Å². The van der Waals surface area contributed by atoms with Crippen LogP contribution in [0.15, 0.2) is 0 Å². The van der Waals surface area contributed by atoms with Crippen LogP contribution in [0.2, 0.25) is 0 Å². The number of rotatable bonds is 0. The van der Waals surface area contributed by atoms with Crippen molar-refractivity contribution in [3.05, 3.63) is 0 Å². The van der Waals surface area contributed by atoms with Crippen LogP contribution in [-0.4, -0.2) is 22.1 Å². The van der Waals surface area contributed by atoms with Gasteiger partial charge in [-0.1, -0.05) is 0 Å². The zero-order chi connectivity index (χ0) is 8.12. The van der Waals surface area contributed by atoms with Crippen LogP contribution in [0.25, 0.3) is 0 Å². The predicted molar refractivity (Wildman–Crippen MR) is 19.3 cm³/mol. The molecule has 0 atom stereocenters. The second kappa shape index (κ2) is 73.0. The molecule has 10 heavy (non-hydrogen) atoms. The molecule has 0 bridgehead atoms. The molecular weight excluding hydrogens is 230 g/mol. The van der Waals surface area contributed by atoms with Gasteiger partial charge in [0.15, 0.2) is 0 Å². The first-order valence-corrected chi connectivity index (χ1v) is 1.41. The summed E-state index contributed by atoms with van der Waals surface area (Å²) in [5.41, 5.74) is 0. The van der Waals surface area contributed by atoms with Gasteiger partial charge < -0.3 is 0 Å². The summed E-state index contributed by atoms with van der Waals surface area (Å²) in [6.45, 7) is 0. The van der Waals surface area contributed by atoms with E-state index in [1.165, 1.54) is 0 Å². The van der Waals surface area contributed by atoms with Crippen molar-refractivity contribution < 1.29 is 48.7 Å². The molecule has 0 unspecified atom stereocenters. The first-order valence-electron chi connectivity index (χ1n) is 1.41. The van der Waals surface area contributed by atoms with Crippen LogP contribution in [0.5, 0.6) is 0 Å². The molecule has 0 N–H and O–H groups in total. The molecule has 0 rings (SSSR count). The fraction of sp³-hybridized carbons (Fsp3) is 0. The smallest absolute Gasteiger partial charge is 3.00 e. The molecule has 0 aliphatic carbocycles. The maximum Gasteiger partial charge on any atom is 3.00 e. The zero-order valence-electron chi connectivity index (χ0n) is 4.54. The first kappa shape index (κ1) is 22.6. The van der Waals surface area contributed by atoms with Gasteiger partial charge >= 0.3 is 70.7 Å². The first-order chi connectivity index (χ1) is 4.24. The van der Waals surface area contributed by atoms with Crippen LogP contribution in [0, 0.1) is 0 Å². The largest absolute Gasteiger partial charge is 3.00 e. The molecule has 0 aromatic heterocycles. The fourth-order valence-corrected chi connectivity index (χ4v) is 0. The Morgan fingerprint density at radius 1 is 0.700 bits per heavy atom. The maximum atomic E-state index is 8.25. The third-order valence-electron chi connectivity index (χ3n) is 0. The van der Waals surface area contributed by atoms with E-state index in [1.54, 1.807) is 0 Å². The summed E-state index contributed by atoms with van der Waals surface area (Å²) < 4.78 is 24.8. The molecule has 53 valence electrons. The Kier molecular flexibility index (Phi) is 165. The van der Waals surface area contributed by atoms with Gasteiger partial charge in [-0.25, -0.2) is 0 Å². The van der Waals surface area contributed by atoms with Gasteiger partial charge in [0.25, 0.3) is 0 Å². The van der Waals surface area contributed by atoms with Crippen molar-refractivity contribution in [2.75, 3.05) is 0 Å². The Balaban J connectivity index is -0.0000000257. The van der Waals surface area contributed by atoms with Crippen molar-refractivity contribution in [2.45, 2.75) is 0 Å². The molecular formula is B3O6Ru. The summed E-state index contributed by atoms with van der Waals surface area (Å²) in [4.78, 5) is 0. The van der Waals surface area contributed by atoms with Gasteiger partial charge in [-0.3, -0.25) is 0 Å². The average Bonchev–Trinajstić information content (AvgIpc) is 1.70. The van der Waals surface area contributed by atoms with Gasteiger partial charge in [0.1, 0.15) is 0 Å². The van der Waals surface area contributed by atoms with Crippen molar-refractivity contribution in [3.8, 4) is 0 Å². The van der Waals surface area contributed by atoms with Crippen LogP contribution >= 0.6 is 0 Å². The van der Waals surface area contributed by atoms with Crippen LogP contribution in [0.1, 0.15) is 0 Å². The molecule has 10 heteroatoms. The van der Waals surface area contributed by atoms with Gasteiger partial charge in [-0.15, -0.1) is 0 Å². The molecule has 0 heterocycles. The van der Waals surface area contributed by atoms with Gasteiger partial charge in [0, 0.05) is 0 Å². The Bertz CT molecular complexity index is 49.7. The summed E-state index contributed by atoms with van der Waals surface area (Å²) >= 11 is 0.